The zero-order valence-electron chi connectivity index (χ0n) is 13.0. The third-order valence-electron chi connectivity index (χ3n) is 3.42. The second kappa shape index (κ2) is 7.82. The van der Waals surface area contributed by atoms with Crippen LogP contribution < -0.4 is 5.32 Å². The molecule has 1 unspecified atom stereocenters. The maximum absolute atomic E-state index is 12.5. The molecule has 0 bridgehead atoms. The van der Waals surface area contributed by atoms with Gasteiger partial charge in [-0.3, -0.25) is 14.3 Å². The molecule has 1 aromatic carbocycles. The molecule has 0 radical (unpaired) electrons. The van der Waals surface area contributed by atoms with Crippen molar-refractivity contribution < 1.29 is 27.9 Å². The van der Waals surface area contributed by atoms with Crippen LogP contribution in [0.4, 0.5) is 13.2 Å². The molecule has 25 heavy (non-hydrogen) atoms. The zero-order chi connectivity index (χ0) is 18.4. The molecule has 1 aromatic heterocycles. The summed E-state index contributed by atoms with van der Waals surface area (Å²) in [5, 5.41) is 14.8. The maximum atomic E-state index is 12.5. The summed E-state index contributed by atoms with van der Waals surface area (Å²) in [7, 11) is 0. The average molecular weight is 355 g/mol. The molecule has 1 atom stereocenters. The normalized spacial score (nSPS) is 12.6. The minimum Gasteiger partial charge on any atom is -0.481 e. The predicted molar refractivity (Wildman–Crippen MR) is 81.4 cm³/mol. The Labute approximate surface area is 141 Å². The molecule has 2 N–H and O–H groups in total. The summed E-state index contributed by atoms with van der Waals surface area (Å²) in [4.78, 5) is 22.9. The van der Waals surface area contributed by atoms with Gasteiger partial charge in [0, 0.05) is 12.6 Å². The summed E-state index contributed by atoms with van der Waals surface area (Å²) in [6, 6.07) is 8.98. The van der Waals surface area contributed by atoms with Crippen molar-refractivity contribution in [2.45, 2.75) is 31.6 Å². The van der Waals surface area contributed by atoms with E-state index in [0.29, 0.717) is 5.56 Å². The molecule has 6 nitrogen and oxygen atoms in total. The third kappa shape index (κ3) is 5.63. The number of nitrogens with one attached hydrogen (secondary N) is 1. The van der Waals surface area contributed by atoms with Crippen LogP contribution in [0.2, 0.25) is 0 Å². The number of carbonyl (C=O) groups is 2. The topological polar surface area (TPSA) is 84.2 Å². The second-order valence-corrected chi connectivity index (χ2v) is 5.36. The van der Waals surface area contributed by atoms with Gasteiger partial charge in [-0.15, -0.1) is 0 Å². The number of aliphatic carboxylic acids is 1. The third-order valence-corrected chi connectivity index (χ3v) is 3.42. The van der Waals surface area contributed by atoms with Gasteiger partial charge in [-0.05, 0) is 18.1 Å². The second-order valence-electron chi connectivity index (χ2n) is 5.36. The van der Waals surface area contributed by atoms with Gasteiger partial charge in [-0.2, -0.15) is 18.3 Å². The average Bonchev–Trinajstić information content (AvgIpc) is 3.00. The molecular weight excluding hydrogens is 339 g/mol. The Morgan fingerprint density at radius 1 is 1.20 bits per heavy atom. The summed E-state index contributed by atoms with van der Waals surface area (Å²) < 4.78 is 38.4. The van der Waals surface area contributed by atoms with Crippen LogP contribution in [0.3, 0.4) is 0 Å². The molecule has 0 saturated carbocycles. The maximum Gasteiger partial charge on any atom is 0.435 e. The highest BCUT2D eigenvalue weighted by molar-refractivity contribution is 5.76. The number of carbonyl (C=O) groups excluding carboxylic acids is 1. The van der Waals surface area contributed by atoms with Gasteiger partial charge in [0.25, 0.3) is 0 Å². The fraction of sp³-hybridized carbons (Fsp3) is 0.312. The molecule has 1 heterocycles. The molecule has 0 saturated heterocycles. The largest absolute Gasteiger partial charge is 0.481 e. The lowest BCUT2D eigenvalue weighted by molar-refractivity contribution is -0.141. The van der Waals surface area contributed by atoms with Gasteiger partial charge < -0.3 is 10.4 Å². The molecule has 2 rings (SSSR count). The standard InChI is InChI=1S/C16H16F3N3O3/c17-16(18,19)13-8-9-22(21-13)10-14(23)20-12(6-7-15(24)25)11-4-2-1-3-5-11/h1-5,8-9,12H,6-7,10H2,(H,20,23)(H,24,25). The van der Waals surface area contributed by atoms with Crippen LogP contribution in [0.1, 0.15) is 30.1 Å². The van der Waals surface area contributed by atoms with Crippen LogP contribution in [-0.4, -0.2) is 26.8 Å². The summed E-state index contributed by atoms with van der Waals surface area (Å²) in [6.07, 6.45) is -3.50. The number of alkyl halides is 3. The van der Waals surface area contributed by atoms with E-state index in [9.17, 15) is 22.8 Å². The van der Waals surface area contributed by atoms with Crippen LogP contribution in [0.5, 0.6) is 0 Å². The van der Waals surface area contributed by atoms with E-state index in [1.165, 1.54) is 0 Å². The van der Waals surface area contributed by atoms with Crippen molar-refractivity contribution in [2.24, 2.45) is 0 Å². The van der Waals surface area contributed by atoms with Gasteiger partial charge in [0.15, 0.2) is 5.69 Å². The van der Waals surface area contributed by atoms with Gasteiger partial charge >= 0.3 is 12.1 Å². The first-order chi connectivity index (χ1) is 11.8. The first-order valence-corrected chi connectivity index (χ1v) is 7.42. The fourth-order valence-electron chi connectivity index (χ4n) is 2.26. The Balaban J connectivity index is 2.03. The number of amides is 1. The van der Waals surface area contributed by atoms with Crippen LogP contribution in [-0.2, 0) is 22.3 Å². The highest BCUT2D eigenvalue weighted by Crippen LogP contribution is 2.27. The van der Waals surface area contributed by atoms with Crippen molar-refractivity contribution in [2.75, 3.05) is 0 Å². The molecule has 0 fully saturated rings. The van der Waals surface area contributed by atoms with Crippen molar-refractivity contribution in [1.29, 1.82) is 0 Å². The molecular formula is C16H16F3N3O3. The molecule has 0 aliphatic carbocycles. The number of hydrogen-bond acceptors (Lipinski definition) is 3. The lowest BCUT2D eigenvalue weighted by Crippen LogP contribution is -2.32. The molecule has 1 amide bonds. The van der Waals surface area contributed by atoms with Gasteiger partial charge in [-0.25, -0.2) is 0 Å². The van der Waals surface area contributed by atoms with Crippen LogP contribution in [0.25, 0.3) is 0 Å². The quantitative estimate of drug-likeness (QED) is 0.800. The number of rotatable bonds is 7. The first kappa shape index (κ1) is 18.5. The van der Waals surface area contributed by atoms with E-state index in [2.05, 4.69) is 10.4 Å². The number of hydrogen-bond donors (Lipinski definition) is 2. The number of carboxylic acid groups (broad SMARTS) is 1. The van der Waals surface area contributed by atoms with E-state index in [1.807, 2.05) is 0 Å². The molecule has 0 aliphatic rings. The van der Waals surface area contributed by atoms with Gasteiger partial charge in [0.1, 0.15) is 6.54 Å². The van der Waals surface area contributed by atoms with Crippen molar-refractivity contribution in [3.05, 3.63) is 53.9 Å². The lowest BCUT2D eigenvalue weighted by Gasteiger charge is -2.18. The Kier molecular flexibility index (Phi) is 5.79. The molecule has 9 heteroatoms. The first-order valence-electron chi connectivity index (χ1n) is 7.42. The van der Waals surface area contributed by atoms with E-state index >= 15 is 0 Å². The highest BCUT2D eigenvalue weighted by atomic mass is 19.4. The summed E-state index contributed by atoms with van der Waals surface area (Å²) in [6.45, 7) is -0.396. The number of aromatic nitrogens is 2. The number of nitrogens with zero attached hydrogens (tertiary/aromatic N) is 2. The zero-order valence-corrected chi connectivity index (χ0v) is 13.0. The van der Waals surface area contributed by atoms with Gasteiger partial charge in [-0.1, -0.05) is 30.3 Å². The SMILES string of the molecule is O=C(O)CCC(NC(=O)Cn1ccc(C(F)(F)F)n1)c1ccccc1. The molecule has 2 aromatic rings. The molecule has 134 valence electrons. The van der Waals surface area contributed by atoms with Gasteiger partial charge in [0.05, 0.1) is 6.04 Å². The van der Waals surface area contributed by atoms with Crippen molar-refractivity contribution in [3.63, 3.8) is 0 Å². The summed E-state index contributed by atoms with van der Waals surface area (Å²) in [5.41, 5.74) is -0.362. The molecule has 0 spiro atoms. The number of benzene rings is 1. The van der Waals surface area contributed by atoms with Crippen molar-refractivity contribution >= 4 is 11.9 Å². The highest BCUT2D eigenvalue weighted by Gasteiger charge is 2.33. The number of carboxylic acids is 1. The van der Waals surface area contributed by atoms with Crippen LogP contribution >= 0.6 is 0 Å². The van der Waals surface area contributed by atoms with E-state index in [-0.39, 0.29) is 12.8 Å². The van der Waals surface area contributed by atoms with E-state index in [1.54, 1.807) is 30.3 Å². The Bertz CT molecular complexity index is 729. The fourth-order valence-corrected chi connectivity index (χ4v) is 2.26. The van der Waals surface area contributed by atoms with Gasteiger partial charge in [0.2, 0.25) is 5.91 Å². The smallest absolute Gasteiger partial charge is 0.435 e. The van der Waals surface area contributed by atoms with E-state index < -0.39 is 36.3 Å². The van der Waals surface area contributed by atoms with Crippen LogP contribution in [0.15, 0.2) is 42.6 Å². The monoisotopic (exact) mass is 355 g/mol. The minimum atomic E-state index is -4.57. The van der Waals surface area contributed by atoms with Crippen LogP contribution in [0, 0.1) is 0 Å². The summed E-state index contributed by atoms with van der Waals surface area (Å²) in [5.74, 6) is -1.56. The lowest BCUT2D eigenvalue weighted by atomic mass is 10.0. The van der Waals surface area contributed by atoms with Crippen molar-refractivity contribution in [1.82, 2.24) is 15.1 Å². The molecule has 0 aliphatic heterocycles. The predicted octanol–water partition coefficient (Wildman–Crippen LogP) is 2.62. The van der Waals surface area contributed by atoms with E-state index in [0.717, 1.165) is 16.9 Å². The summed E-state index contributed by atoms with van der Waals surface area (Å²) >= 11 is 0. The Morgan fingerprint density at radius 2 is 1.88 bits per heavy atom. The van der Waals surface area contributed by atoms with E-state index in [4.69, 9.17) is 5.11 Å². The Morgan fingerprint density at radius 3 is 2.44 bits per heavy atom. The Hall–Kier alpha value is -2.84. The van der Waals surface area contributed by atoms with Crippen molar-refractivity contribution in [3.8, 4) is 0 Å². The number of halogens is 3. The minimum absolute atomic E-state index is 0.153.